The third kappa shape index (κ3) is 1.25. The number of carbonyl (C=O) groups is 1. The van der Waals surface area contributed by atoms with E-state index < -0.39 is 0 Å². The van der Waals surface area contributed by atoms with Gasteiger partial charge in [0.2, 0.25) is 5.91 Å². The van der Waals surface area contributed by atoms with Crippen LogP contribution >= 0.6 is 0 Å². The summed E-state index contributed by atoms with van der Waals surface area (Å²) in [5.74, 6) is 0.333. The van der Waals surface area contributed by atoms with E-state index in [2.05, 4.69) is 5.01 Å². The van der Waals surface area contributed by atoms with Crippen molar-refractivity contribution >= 4 is 5.91 Å². The molecule has 0 aliphatic carbocycles. The third-order valence-corrected chi connectivity index (χ3v) is 2.47. The quantitative estimate of drug-likeness (QED) is 0.510. The molecule has 11 heavy (non-hydrogen) atoms. The van der Waals surface area contributed by atoms with Gasteiger partial charge in [0.25, 0.3) is 0 Å². The summed E-state index contributed by atoms with van der Waals surface area (Å²) in [5, 5.41) is 4.14. The van der Waals surface area contributed by atoms with E-state index in [0.717, 1.165) is 38.9 Å². The summed E-state index contributed by atoms with van der Waals surface area (Å²) in [6.45, 7) is 3.14. The van der Waals surface area contributed by atoms with E-state index in [9.17, 15) is 4.79 Å². The molecule has 1 amide bonds. The zero-order valence-corrected chi connectivity index (χ0v) is 6.75. The zero-order valence-electron chi connectivity index (χ0n) is 6.75. The lowest BCUT2D eigenvalue weighted by Gasteiger charge is -2.24. The number of hydrogen-bond acceptors (Lipinski definition) is 2. The summed E-state index contributed by atoms with van der Waals surface area (Å²) in [5.41, 5.74) is 0. The van der Waals surface area contributed by atoms with E-state index in [1.165, 1.54) is 6.42 Å². The lowest BCUT2D eigenvalue weighted by atomic mass is 10.2. The summed E-state index contributed by atoms with van der Waals surface area (Å²) in [6.07, 6.45) is 4.18. The van der Waals surface area contributed by atoms with Crippen molar-refractivity contribution < 1.29 is 4.79 Å². The minimum Gasteiger partial charge on any atom is -0.275 e. The Bertz CT molecular complexity index is 169. The second-order valence-corrected chi connectivity index (χ2v) is 3.28. The average molecular weight is 154 g/mol. The molecule has 0 aromatic rings. The molecule has 3 heteroatoms. The highest BCUT2D eigenvalue weighted by atomic mass is 16.2. The maximum atomic E-state index is 11.4. The molecule has 62 valence electrons. The van der Waals surface area contributed by atoms with E-state index in [-0.39, 0.29) is 0 Å². The van der Waals surface area contributed by atoms with Gasteiger partial charge in [0.15, 0.2) is 0 Å². The van der Waals surface area contributed by atoms with Gasteiger partial charge in [-0.3, -0.25) is 9.80 Å². The number of rotatable bonds is 0. The van der Waals surface area contributed by atoms with E-state index in [1.807, 2.05) is 5.01 Å². The lowest BCUT2D eigenvalue weighted by molar-refractivity contribution is -0.141. The first kappa shape index (κ1) is 7.10. The summed E-state index contributed by atoms with van der Waals surface area (Å²) >= 11 is 0. The highest BCUT2D eigenvalue weighted by Crippen LogP contribution is 2.17. The van der Waals surface area contributed by atoms with Crippen LogP contribution in [0.4, 0.5) is 0 Å². The third-order valence-electron chi connectivity index (χ3n) is 2.47. The van der Waals surface area contributed by atoms with Gasteiger partial charge < -0.3 is 0 Å². The Morgan fingerprint density at radius 3 is 2.73 bits per heavy atom. The van der Waals surface area contributed by atoms with Gasteiger partial charge in [0.05, 0.1) is 0 Å². The fourth-order valence-corrected chi connectivity index (χ4v) is 1.88. The van der Waals surface area contributed by atoms with Crippen LogP contribution < -0.4 is 0 Å². The fourth-order valence-electron chi connectivity index (χ4n) is 1.88. The Kier molecular flexibility index (Phi) is 1.82. The number of amides is 1. The van der Waals surface area contributed by atoms with Gasteiger partial charge in [-0.15, -0.1) is 0 Å². The lowest BCUT2D eigenvalue weighted by Crippen LogP contribution is -2.39. The highest BCUT2D eigenvalue weighted by molar-refractivity contribution is 5.76. The van der Waals surface area contributed by atoms with E-state index in [0.29, 0.717) is 5.91 Å². The number of nitrogens with zero attached hydrogens (tertiary/aromatic N) is 2. The molecule has 2 fully saturated rings. The normalized spacial score (nSPS) is 26.9. The molecule has 3 nitrogen and oxygen atoms in total. The van der Waals surface area contributed by atoms with Gasteiger partial charge in [-0.25, -0.2) is 5.01 Å². The maximum absolute atomic E-state index is 11.4. The van der Waals surface area contributed by atoms with Crippen molar-refractivity contribution in [2.24, 2.45) is 0 Å². The molecule has 2 aliphatic heterocycles. The molecule has 2 saturated heterocycles. The summed E-state index contributed by atoms with van der Waals surface area (Å²) in [6, 6.07) is 0. The van der Waals surface area contributed by atoms with Crippen LogP contribution in [0.2, 0.25) is 0 Å². The number of hydrazine groups is 1. The summed E-state index contributed by atoms with van der Waals surface area (Å²) in [7, 11) is 0. The average Bonchev–Trinajstić information content (AvgIpc) is 2.40. The van der Waals surface area contributed by atoms with Crippen molar-refractivity contribution in [3.05, 3.63) is 0 Å². The molecule has 2 aliphatic rings. The predicted molar refractivity (Wildman–Crippen MR) is 41.8 cm³/mol. The first-order valence-corrected chi connectivity index (χ1v) is 4.43. The molecule has 0 N–H and O–H groups in total. The van der Waals surface area contributed by atoms with Crippen molar-refractivity contribution in [2.45, 2.75) is 25.7 Å². The monoisotopic (exact) mass is 154 g/mol. The molecule has 0 saturated carbocycles. The molecule has 0 spiro atoms. The van der Waals surface area contributed by atoms with Crippen LogP contribution in [0.25, 0.3) is 0 Å². The van der Waals surface area contributed by atoms with Gasteiger partial charge in [0, 0.05) is 26.1 Å². The van der Waals surface area contributed by atoms with Crippen LogP contribution in [-0.4, -0.2) is 35.6 Å². The zero-order chi connectivity index (χ0) is 7.68. The highest BCUT2D eigenvalue weighted by Gasteiger charge is 2.27. The second-order valence-electron chi connectivity index (χ2n) is 3.28. The van der Waals surface area contributed by atoms with Gasteiger partial charge in [0.1, 0.15) is 0 Å². The van der Waals surface area contributed by atoms with E-state index >= 15 is 0 Å². The largest absolute Gasteiger partial charge is 0.275 e. The Morgan fingerprint density at radius 2 is 1.82 bits per heavy atom. The van der Waals surface area contributed by atoms with Crippen molar-refractivity contribution in [1.29, 1.82) is 0 Å². The Hall–Kier alpha value is -0.570. The van der Waals surface area contributed by atoms with E-state index in [1.54, 1.807) is 0 Å². The Labute approximate surface area is 66.9 Å². The van der Waals surface area contributed by atoms with Crippen LogP contribution in [0.3, 0.4) is 0 Å². The van der Waals surface area contributed by atoms with Crippen LogP contribution in [0.15, 0.2) is 0 Å². The SMILES string of the molecule is O=C1CCCCN2CCCN12. The van der Waals surface area contributed by atoms with Crippen molar-refractivity contribution in [2.75, 3.05) is 19.6 Å². The first-order chi connectivity index (χ1) is 5.38. The van der Waals surface area contributed by atoms with Gasteiger partial charge in [-0.1, -0.05) is 0 Å². The summed E-state index contributed by atoms with van der Waals surface area (Å²) < 4.78 is 0. The maximum Gasteiger partial charge on any atom is 0.236 e. The van der Waals surface area contributed by atoms with Crippen molar-refractivity contribution in [1.82, 2.24) is 10.0 Å². The molecule has 2 rings (SSSR count). The molecular formula is C8H14N2O. The molecule has 0 radical (unpaired) electrons. The van der Waals surface area contributed by atoms with Crippen LogP contribution in [0.1, 0.15) is 25.7 Å². The molecule has 0 unspecified atom stereocenters. The standard InChI is InChI=1S/C8H14N2O/c11-8-4-1-2-5-9-6-3-7-10(8)9/h1-7H2. The van der Waals surface area contributed by atoms with Crippen LogP contribution in [-0.2, 0) is 4.79 Å². The predicted octanol–water partition coefficient (Wildman–Crippen LogP) is 0.620. The molecular weight excluding hydrogens is 140 g/mol. The fraction of sp³-hybridized carbons (Fsp3) is 0.875. The topological polar surface area (TPSA) is 23.6 Å². The Balaban J connectivity index is 2.09. The number of carbonyl (C=O) groups excluding carboxylic acids is 1. The summed E-state index contributed by atoms with van der Waals surface area (Å²) in [4.78, 5) is 11.4. The minimum absolute atomic E-state index is 0.333. The van der Waals surface area contributed by atoms with Gasteiger partial charge >= 0.3 is 0 Å². The minimum atomic E-state index is 0.333. The number of fused-ring (bicyclic) bond motifs is 1. The molecule has 0 aromatic carbocycles. The molecule has 0 bridgehead atoms. The molecule has 0 atom stereocenters. The van der Waals surface area contributed by atoms with Crippen molar-refractivity contribution in [3.63, 3.8) is 0 Å². The first-order valence-electron chi connectivity index (χ1n) is 4.43. The second kappa shape index (κ2) is 2.81. The van der Waals surface area contributed by atoms with Gasteiger partial charge in [-0.2, -0.15) is 0 Å². The molecule has 2 heterocycles. The van der Waals surface area contributed by atoms with Crippen LogP contribution in [0.5, 0.6) is 0 Å². The number of hydrogen-bond donors (Lipinski definition) is 0. The van der Waals surface area contributed by atoms with E-state index in [4.69, 9.17) is 0 Å². The van der Waals surface area contributed by atoms with Crippen molar-refractivity contribution in [3.8, 4) is 0 Å². The smallest absolute Gasteiger partial charge is 0.236 e. The molecule has 0 aromatic heterocycles. The van der Waals surface area contributed by atoms with Gasteiger partial charge in [-0.05, 0) is 19.3 Å². The Morgan fingerprint density at radius 1 is 1.00 bits per heavy atom. The van der Waals surface area contributed by atoms with Crippen LogP contribution in [0, 0.1) is 0 Å².